The normalized spacial score (nSPS) is 18.6. The molecule has 3 aromatic rings. The van der Waals surface area contributed by atoms with Crippen LogP contribution in [0.5, 0.6) is 0 Å². The van der Waals surface area contributed by atoms with E-state index >= 15 is 0 Å². The third-order valence-corrected chi connectivity index (χ3v) is 5.37. The van der Waals surface area contributed by atoms with E-state index in [9.17, 15) is 31.1 Å². The van der Waals surface area contributed by atoms with Crippen molar-refractivity contribution in [2.24, 2.45) is 5.41 Å². The second-order valence-corrected chi connectivity index (χ2v) is 7.28. The number of ether oxygens (including phenoxy) is 1. The first kappa shape index (κ1) is 21.7. The minimum Gasteiger partial charge on any atom is -0.425 e. The van der Waals surface area contributed by atoms with Crippen LogP contribution in [0.4, 0.5) is 26.3 Å². The Bertz CT molecular complexity index is 1140. The highest BCUT2D eigenvalue weighted by Crippen LogP contribution is 2.57. The van der Waals surface area contributed by atoms with Gasteiger partial charge in [0.1, 0.15) is 23.2 Å². The van der Waals surface area contributed by atoms with Gasteiger partial charge in [0, 0.05) is 5.92 Å². The summed E-state index contributed by atoms with van der Waals surface area (Å²) < 4.78 is 90.2. The summed E-state index contributed by atoms with van der Waals surface area (Å²) in [6, 6.07) is 13.2. The second kappa shape index (κ2) is 7.85. The largest absolute Gasteiger partial charge is 0.425 e. The van der Waals surface area contributed by atoms with E-state index in [2.05, 4.69) is 0 Å². The van der Waals surface area contributed by atoms with Gasteiger partial charge in [-0.3, -0.25) is 4.79 Å². The Labute approximate surface area is 178 Å². The number of carbonyl (C=O) groups is 1. The van der Waals surface area contributed by atoms with E-state index in [0.29, 0.717) is 6.08 Å². The quantitative estimate of drug-likeness (QED) is 0.342. The third-order valence-electron chi connectivity index (χ3n) is 5.37. The molecule has 1 aliphatic heterocycles. The number of alkyl halides is 3. The first-order valence-electron chi connectivity index (χ1n) is 9.41. The summed E-state index contributed by atoms with van der Waals surface area (Å²) in [6.45, 7) is 0. The monoisotopic (exact) mass is 448 g/mol. The van der Waals surface area contributed by atoms with Crippen LogP contribution in [0, 0.1) is 22.9 Å². The summed E-state index contributed by atoms with van der Waals surface area (Å²) in [6.07, 6.45) is -4.64. The number of benzene rings is 3. The Morgan fingerprint density at radius 3 is 1.72 bits per heavy atom. The Morgan fingerprint density at radius 2 is 1.25 bits per heavy atom. The number of halogens is 6. The molecule has 1 aliphatic rings. The molecule has 2 nitrogen and oxygen atoms in total. The maximum atomic E-state index is 14.6. The maximum Gasteiger partial charge on any atom is 0.409 e. The minimum atomic E-state index is -5.19. The molecule has 1 heterocycles. The fourth-order valence-electron chi connectivity index (χ4n) is 3.86. The summed E-state index contributed by atoms with van der Waals surface area (Å²) in [7, 11) is 0. The summed E-state index contributed by atoms with van der Waals surface area (Å²) >= 11 is 0. The number of esters is 1. The van der Waals surface area contributed by atoms with E-state index < -0.39 is 46.7 Å². The van der Waals surface area contributed by atoms with Crippen molar-refractivity contribution in [1.29, 1.82) is 0 Å². The summed E-state index contributed by atoms with van der Waals surface area (Å²) in [4.78, 5) is 12.9. The van der Waals surface area contributed by atoms with Gasteiger partial charge < -0.3 is 4.74 Å². The second-order valence-electron chi connectivity index (χ2n) is 7.28. The fraction of sp³-hybridized carbons (Fsp3) is 0.125. The van der Waals surface area contributed by atoms with Crippen LogP contribution in [0.1, 0.15) is 22.6 Å². The zero-order valence-electron chi connectivity index (χ0n) is 16.2. The molecule has 8 heteroatoms. The lowest BCUT2D eigenvalue weighted by atomic mass is 9.68. The maximum absolute atomic E-state index is 14.6. The first-order chi connectivity index (χ1) is 15.1. The van der Waals surface area contributed by atoms with E-state index in [1.807, 2.05) is 0 Å². The van der Waals surface area contributed by atoms with Gasteiger partial charge in [-0.15, -0.1) is 0 Å². The molecule has 0 spiro atoms. The van der Waals surface area contributed by atoms with Crippen molar-refractivity contribution in [2.45, 2.75) is 12.1 Å². The molecular formula is C24H14F6O2. The van der Waals surface area contributed by atoms with E-state index in [-0.39, 0.29) is 16.7 Å². The highest BCUT2D eigenvalue weighted by molar-refractivity contribution is 5.93. The Morgan fingerprint density at radius 1 is 0.750 bits per heavy atom. The summed E-state index contributed by atoms with van der Waals surface area (Å²) in [5, 5.41) is 0. The van der Waals surface area contributed by atoms with Gasteiger partial charge in [0.05, 0.1) is 5.56 Å². The van der Waals surface area contributed by atoms with Gasteiger partial charge in [0.15, 0.2) is 5.41 Å². The van der Waals surface area contributed by atoms with Crippen molar-refractivity contribution >= 4 is 11.7 Å². The fourth-order valence-corrected chi connectivity index (χ4v) is 3.86. The molecule has 0 N–H and O–H groups in total. The van der Waals surface area contributed by atoms with Crippen molar-refractivity contribution in [2.75, 3.05) is 0 Å². The summed E-state index contributed by atoms with van der Waals surface area (Å²) in [5.74, 6) is -6.25. The van der Waals surface area contributed by atoms with Crippen LogP contribution in [0.2, 0.25) is 0 Å². The lowest BCUT2D eigenvalue weighted by Crippen LogP contribution is -2.47. The highest BCUT2D eigenvalue weighted by Gasteiger charge is 2.68. The molecule has 0 aromatic heterocycles. The molecule has 0 bridgehead atoms. The van der Waals surface area contributed by atoms with Crippen LogP contribution < -0.4 is 0 Å². The highest BCUT2D eigenvalue weighted by atomic mass is 19.4. The average molecular weight is 448 g/mol. The first-order valence-corrected chi connectivity index (χ1v) is 9.41. The Balaban J connectivity index is 2.00. The predicted molar refractivity (Wildman–Crippen MR) is 104 cm³/mol. The van der Waals surface area contributed by atoms with Gasteiger partial charge in [-0.25, -0.2) is 13.2 Å². The van der Waals surface area contributed by atoms with Gasteiger partial charge >= 0.3 is 12.1 Å². The van der Waals surface area contributed by atoms with Crippen LogP contribution >= 0.6 is 0 Å². The third kappa shape index (κ3) is 3.55. The lowest BCUT2D eigenvalue weighted by molar-refractivity contribution is -0.216. The van der Waals surface area contributed by atoms with Crippen LogP contribution in [-0.2, 0) is 9.53 Å². The van der Waals surface area contributed by atoms with Gasteiger partial charge in [0.2, 0.25) is 0 Å². The Kier molecular flexibility index (Phi) is 5.32. The van der Waals surface area contributed by atoms with E-state index in [4.69, 9.17) is 4.74 Å². The molecule has 164 valence electrons. The molecule has 4 rings (SSSR count). The molecule has 3 aromatic carbocycles. The molecule has 0 radical (unpaired) electrons. The van der Waals surface area contributed by atoms with Crippen LogP contribution in [0.25, 0.3) is 5.76 Å². The molecular weight excluding hydrogens is 434 g/mol. The Hall–Kier alpha value is -3.55. The van der Waals surface area contributed by atoms with Gasteiger partial charge in [-0.1, -0.05) is 36.4 Å². The van der Waals surface area contributed by atoms with Crippen molar-refractivity contribution in [3.63, 3.8) is 0 Å². The van der Waals surface area contributed by atoms with Gasteiger partial charge in [-0.2, -0.15) is 13.2 Å². The van der Waals surface area contributed by atoms with Crippen molar-refractivity contribution < 1.29 is 35.9 Å². The average Bonchev–Trinajstić information content (AvgIpc) is 3.09. The van der Waals surface area contributed by atoms with Crippen LogP contribution in [-0.4, -0.2) is 12.1 Å². The molecule has 0 saturated carbocycles. The SMILES string of the molecule is O=C1OC(c2ccccc2F)=CC1(C(c1ccc(F)cc1)c1ccc(F)cc1)C(F)(F)F. The number of rotatable bonds is 4. The minimum absolute atomic E-state index is 0.0571. The van der Waals surface area contributed by atoms with E-state index in [1.165, 1.54) is 18.2 Å². The predicted octanol–water partition coefficient (Wildman–Crippen LogP) is 6.38. The van der Waals surface area contributed by atoms with Crippen molar-refractivity contribution in [1.82, 2.24) is 0 Å². The number of hydrogen-bond donors (Lipinski definition) is 0. The summed E-state index contributed by atoms with van der Waals surface area (Å²) in [5.41, 5.74) is -3.69. The zero-order chi connectivity index (χ0) is 23.1. The smallest absolute Gasteiger partial charge is 0.409 e. The number of cyclic esters (lactones) is 1. The molecule has 0 aliphatic carbocycles. The van der Waals surface area contributed by atoms with E-state index in [0.717, 1.165) is 54.6 Å². The lowest BCUT2D eigenvalue weighted by Gasteiger charge is -2.35. The van der Waals surface area contributed by atoms with Gasteiger partial charge in [0.25, 0.3) is 0 Å². The van der Waals surface area contributed by atoms with Crippen LogP contribution in [0.15, 0.2) is 78.9 Å². The zero-order valence-corrected chi connectivity index (χ0v) is 16.2. The molecule has 32 heavy (non-hydrogen) atoms. The molecule has 1 unspecified atom stereocenters. The standard InChI is InChI=1S/C24H14F6O2/c25-16-9-5-14(6-10-16)21(15-7-11-17(26)12-8-15)23(24(28,29)30)13-20(32-22(23)31)18-3-1-2-4-19(18)27/h1-13,21H. The topological polar surface area (TPSA) is 26.3 Å². The van der Waals surface area contributed by atoms with Gasteiger partial charge in [-0.05, 0) is 53.6 Å². The van der Waals surface area contributed by atoms with E-state index in [1.54, 1.807) is 0 Å². The number of carbonyl (C=O) groups excluding carboxylic acids is 1. The molecule has 0 amide bonds. The molecule has 0 fully saturated rings. The molecule has 1 atom stereocenters. The van der Waals surface area contributed by atoms with Crippen LogP contribution in [0.3, 0.4) is 0 Å². The van der Waals surface area contributed by atoms with Crippen molar-refractivity contribution in [3.8, 4) is 0 Å². The number of hydrogen-bond acceptors (Lipinski definition) is 2. The molecule has 0 saturated heterocycles. The van der Waals surface area contributed by atoms with Crippen molar-refractivity contribution in [3.05, 3.63) is 113 Å².